The second-order valence-corrected chi connectivity index (χ2v) is 7.23. The van der Waals surface area contributed by atoms with Gasteiger partial charge in [0.2, 0.25) is 5.75 Å². The van der Waals surface area contributed by atoms with Crippen LogP contribution in [0.5, 0.6) is 17.2 Å². The fraction of sp³-hybridized carbons (Fsp3) is 0.304. The second-order valence-electron chi connectivity index (χ2n) is 7.23. The molecular formula is C23H21F3N2O4. The first-order valence-corrected chi connectivity index (χ1v) is 9.98. The first-order valence-electron chi connectivity index (χ1n) is 9.98. The fourth-order valence-electron chi connectivity index (χ4n) is 3.80. The molecule has 1 aliphatic rings. The smallest absolute Gasteiger partial charge is 0.416 e. The standard InChI is InChI=1S/C23H21F3N2O4/c1-4-32-20-18(30-2)10-13(11-19(20)31-3)9-14-7-8-28-21(14)27-17-12-15(23(24,25)26)5-6-16(17)22(28)29/h5-6,9-12H,4,7-8H2,1-3H3/b14-9-. The van der Waals surface area contributed by atoms with E-state index in [2.05, 4.69) is 4.98 Å². The zero-order valence-corrected chi connectivity index (χ0v) is 17.7. The lowest BCUT2D eigenvalue weighted by molar-refractivity contribution is -0.137. The van der Waals surface area contributed by atoms with Crippen molar-refractivity contribution in [1.29, 1.82) is 0 Å². The lowest BCUT2D eigenvalue weighted by atomic mass is 10.1. The summed E-state index contributed by atoms with van der Waals surface area (Å²) in [7, 11) is 3.04. The van der Waals surface area contributed by atoms with Gasteiger partial charge in [-0.05, 0) is 60.9 Å². The Morgan fingerprint density at radius 3 is 2.41 bits per heavy atom. The van der Waals surface area contributed by atoms with E-state index >= 15 is 0 Å². The average molecular weight is 446 g/mol. The van der Waals surface area contributed by atoms with E-state index in [1.54, 1.807) is 12.1 Å². The van der Waals surface area contributed by atoms with Gasteiger partial charge in [-0.25, -0.2) is 4.98 Å². The molecule has 168 valence electrons. The number of halogens is 3. The number of rotatable bonds is 5. The van der Waals surface area contributed by atoms with Gasteiger partial charge < -0.3 is 14.2 Å². The Kier molecular flexibility index (Phi) is 5.58. The van der Waals surface area contributed by atoms with Crippen LogP contribution < -0.4 is 19.8 Å². The lowest BCUT2D eigenvalue weighted by Crippen LogP contribution is -2.21. The molecule has 0 radical (unpaired) electrons. The van der Waals surface area contributed by atoms with Crippen molar-refractivity contribution in [2.24, 2.45) is 0 Å². The van der Waals surface area contributed by atoms with Crippen molar-refractivity contribution < 1.29 is 27.4 Å². The van der Waals surface area contributed by atoms with E-state index in [4.69, 9.17) is 14.2 Å². The highest BCUT2D eigenvalue weighted by molar-refractivity contribution is 5.85. The minimum Gasteiger partial charge on any atom is -0.493 e. The van der Waals surface area contributed by atoms with Crippen LogP contribution in [0.4, 0.5) is 13.2 Å². The molecule has 9 heteroatoms. The monoisotopic (exact) mass is 446 g/mol. The molecule has 0 fully saturated rings. The van der Waals surface area contributed by atoms with Crippen LogP contribution in [-0.2, 0) is 12.7 Å². The van der Waals surface area contributed by atoms with E-state index in [1.807, 2.05) is 13.0 Å². The largest absolute Gasteiger partial charge is 0.493 e. The van der Waals surface area contributed by atoms with E-state index < -0.39 is 11.7 Å². The van der Waals surface area contributed by atoms with Gasteiger partial charge in [0.15, 0.2) is 11.5 Å². The summed E-state index contributed by atoms with van der Waals surface area (Å²) in [5.41, 5.74) is 0.278. The molecular weight excluding hydrogens is 425 g/mol. The molecule has 32 heavy (non-hydrogen) atoms. The molecule has 0 aliphatic carbocycles. The first kappa shape index (κ1) is 21.7. The van der Waals surface area contributed by atoms with Gasteiger partial charge in [-0.1, -0.05) is 0 Å². The topological polar surface area (TPSA) is 62.6 Å². The molecule has 4 rings (SSSR count). The SMILES string of the molecule is CCOc1c(OC)cc(/C=C2/CCn3c2nc2cc(C(F)(F)F)ccc2c3=O)cc1OC. The maximum absolute atomic E-state index is 13.1. The molecule has 2 heterocycles. The van der Waals surface area contributed by atoms with Crippen LogP contribution in [0, 0.1) is 0 Å². The Morgan fingerprint density at radius 2 is 1.81 bits per heavy atom. The number of nitrogens with zero attached hydrogens (tertiary/aromatic N) is 2. The molecule has 0 saturated carbocycles. The van der Waals surface area contributed by atoms with E-state index in [9.17, 15) is 18.0 Å². The molecule has 2 aromatic carbocycles. The highest BCUT2D eigenvalue weighted by Gasteiger charge is 2.31. The molecule has 0 unspecified atom stereocenters. The van der Waals surface area contributed by atoms with Crippen molar-refractivity contribution in [3.8, 4) is 17.2 Å². The van der Waals surface area contributed by atoms with Crippen LogP contribution >= 0.6 is 0 Å². The number of fused-ring (bicyclic) bond motifs is 2. The summed E-state index contributed by atoms with van der Waals surface area (Å²) >= 11 is 0. The third-order valence-electron chi connectivity index (χ3n) is 5.29. The Labute approximate surface area is 181 Å². The van der Waals surface area contributed by atoms with Gasteiger partial charge in [-0.15, -0.1) is 0 Å². The number of allylic oxidation sites excluding steroid dienone is 1. The molecule has 0 saturated heterocycles. The number of hydrogen-bond donors (Lipinski definition) is 0. The first-order chi connectivity index (χ1) is 15.3. The average Bonchev–Trinajstić information content (AvgIpc) is 3.16. The fourth-order valence-corrected chi connectivity index (χ4v) is 3.80. The van der Waals surface area contributed by atoms with Gasteiger partial charge >= 0.3 is 6.18 Å². The van der Waals surface area contributed by atoms with Crippen LogP contribution in [0.25, 0.3) is 22.6 Å². The number of hydrogen-bond acceptors (Lipinski definition) is 5. The van der Waals surface area contributed by atoms with Gasteiger partial charge in [-0.2, -0.15) is 13.2 Å². The third-order valence-corrected chi connectivity index (χ3v) is 5.29. The Morgan fingerprint density at radius 1 is 1.12 bits per heavy atom. The van der Waals surface area contributed by atoms with Gasteiger partial charge in [0, 0.05) is 6.54 Å². The summed E-state index contributed by atoms with van der Waals surface area (Å²) < 4.78 is 57.3. The summed E-state index contributed by atoms with van der Waals surface area (Å²) in [5, 5.41) is 0.160. The third kappa shape index (κ3) is 3.79. The molecule has 0 atom stereocenters. The Hall–Kier alpha value is -3.49. The predicted molar refractivity (Wildman–Crippen MR) is 114 cm³/mol. The van der Waals surface area contributed by atoms with E-state index in [-0.39, 0.29) is 16.5 Å². The van der Waals surface area contributed by atoms with Crippen molar-refractivity contribution in [3.63, 3.8) is 0 Å². The van der Waals surface area contributed by atoms with Crippen molar-refractivity contribution in [1.82, 2.24) is 9.55 Å². The highest BCUT2D eigenvalue weighted by atomic mass is 19.4. The highest BCUT2D eigenvalue weighted by Crippen LogP contribution is 2.40. The molecule has 6 nitrogen and oxygen atoms in total. The van der Waals surface area contributed by atoms with Gasteiger partial charge in [0.05, 0.1) is 37.3 Å². The zero-order valence-electron chi connectivity index (χ0n) is 17.7. The van der Waals surface area contributed by atoms with Crippen LogP contribution in [0.1, 0.15) is 30.3 Å². The zero-order chi connectivity index (χ0) is 23.0. The van der Waals surface area contributed by atoms with E-state index in [1.165, 1.54) is 24.9 Å². The van der Waals surface area contributed by atoms with Crippen molar-refractivity contribution >= 4 is 22.6 Å². The number of benzene rings is 2. The van der Waals surface area contributed by atoms with Crippen molar-refractivity contribution in [2.45, 2.75) is 26.1 Å². The van der Waals surface area contributed by atoms with E-state index in [0.29, 0.717) is 42.6 Å². The molecule has 0 N–H and O–H groups in total. The Bertz CT molecular complexity index is 1250. The van der Waals surface area contributed by atoms with E-state index in [0.717, 1.165) is 23.3 Å². The summed E-state index contributed by atoms with van der Waals surface area (Å²) in [6.07, 6.45) is -2.17. The van der Waals surface area contributed by atoms with Gasteiger partial charge in [0.1, 0.15) is 5.82 Å². The van der Waals surface area contributed by atoms with Crippen LogP contribution in [0.3, 0.4) is 0 Å². The molecule has 0 spiro atoms. The van der Waals surface area contributed by atoms with Crippen LogP contribution in [0.15, 0.2) is 35.1 Å². The summed E-state index contributed by atoms with van der Waals surface area (Å²) in [6.45, 7) is 2.68. The molecule has 0 bridgehead atoms. The Balaban J connectivity index is 1.84. The van der Waals surface area contributed by atoms with Gasteiger partial charge in [0.25, 0.3) is 5.56 Å². The molecule has 3 aromatic rings. The maximum Gasteiger partial charge on any atom is 0.416 e. The normalized spacial score (nSPS) is 14.6. The number of alkyl halides is 3. The lowest BCUT2D eigenvalue weighted by Gasteiger charge is -2.14. The molecule has 1 aliphatic heterocycles. The predicted octanol–water partition coefficient (Wildman–Crippen LogP) is 4.78. The summed E-state index contributed by atoms with van der Waals surface area (Å²) in [4.78, 5) is 17.3. The number of aromatic nitrogens is 2. The minimum absolute atomic E-state index is 0.0192. The number of ether oxygens (including phenoxy) is 3. The minimum atomic E-state index is -4.51. The van der Waals surface area contributed by atoms with Crippen LogP contribution in [-0.4, -0.2) is 30.4 Å². The summed E-state index contributed by atoms with van der Waals surface area (Å²) in [6, 6.07) is 6.54. The van der Waals surface area contributed by atoms with Crippen LogP contribution in [0.2, 0.25) is 0 Å². The van der Waals surface area contributed by atoms with Crippen molar-refractivity contribution in [3.05, 3.63) is 57.6 Å². The second kappa shape index (κ2) is 8.22. The molecule has 0 amide bonds. The quantitative estimate of drug-likeness (QED) is 0.565. The number of methoxy groups -OCH3 is 2. The van der Waals surface area contributed by atoms with Crippen molar-refractivity contribution in [2.75, 3.05) is 20.8 Å². The maximum atomic E-state index is 13.1. The summed E-state index contributed by atoms with van der Waals surface area (Å²) in [5.74, 6) is 1.80. The molecule has 1 aromatic heterocycles. The van der Waals surface area contributed by atoms with Gasteiger partial charge in [-0.3, -0.25) is 9.36 Å².